The molecule has 1 aromatic rings. The van der Waals surface area contributed by atoms with Crippen molar-refractivity contribution < 1.29 is 48.4 Å². The lowest BCUT2D eigenvalue weighted by atomic mass is 10.0. The minimum atomic E-state index is -1.65. The van der Waals surface area contributed by atoms with Gasteiger partial charge in [-0.05, 0) is 26.0 Å². The fourth-order valence-corrected chi connectivity index (χ4v) is 2.05. The molecule has 0 saturated heterocycles. The standard InChI is InChI=1S/C20H20O10/c1-10(2)18(25)28-8-12(9-29-19(26)11(3)4)30-20(27)14-7-5-6-13(16(21)22)15(14)17(23)24/h5-7,12H,1,3,8-9H2,2,4H3,(H,21,22)(H,23,24). The maximum Gasteiger partial charge on any atom is 0.339 e. The van der Waals surface area contributed by atoms with Crippen molar-refractivity contribution >= 4 is 29.8 Å². The highest BCUT2D eigenvalue weighted by molar-refractivity contribution is 6.09. The molecule has 10 heteroatoms. The van der Waals surface area contributed by atoms with Crippen LogP contribution in [0.4, 0.5) is 0 Å². The Hall–Kier alpha value is -3.95. The summed E-state index contributed by atoms with van der Waals surface area (Å²) < 4.78 is 14.9. The van der Waals surface area contributed by atoms with E-state index in [0.29, 0.717) is 0 Å². The number of hydrogen-bond acceptors (Lipinski definition) is 8. The number of rotatable bonds is 10. The Morgan fingerprint density at radius 1 is 0.867 bits per heavy atom. The van der Waals surface area contributed by atoms with Gasteiger partial charge in [0.2, 0.25) is 0 Å². The van der Waals surface area contributed by atoms with E-state index >= 15 is 0 Å². The molecule has 1 rings (SSSR count). The number of ether oxygens (including phenoxy) is 3. The smallest absolute Gasteiger partial charge is 0.339 e. The Balaban J connectivity index is 3.12. The summed E-state index contributed by atoms with van der Waals surface area (Å²) in [4.78, 5) is 58.4. The van der Waals surface area contributed by atoms with Gasteiger partial charge in [0.1, 0.15) is 13.2 Å². The van der Waals surface area contributed by atoms with Crippen molar-refractivity contribution in [2.24, 2.45) is 0 Å². The van der Waals surface area contributed by atoms with Crippen LogP contribution in [0.25, 0.3) is 0 Å². The second-order valence-corrected chi connectivity index (χ2v) is 6.12. The molecule has 0 bridgehead atoms. The summed E-state index contributed by atoms with van der Waals surface area (Å²) in [6, 6.07) is 3.25. The van der Waals surface area contributed by atoms with Crippen LogP contribution in [0.3, 0.4) is 0 Å². The first-order valence-electron chi connectivity index (χ1n) is 8.41. The van der Waals surface area contributed by atoms with Gasteiger partial charge in [-0.1, -0.05) is 19.2 Å². The summed E-state index contributed by atoms with van der Waals surface area (Å²) >= 11 is 0. The number of hydrogen-bond donors (Lipinski definition) is 2. The molecule has 30 heavy (non-hydrogen) atoms. The van der Waals surface area contributed by atoms with Crippen LogP contribution in [0.5, 0.6) is 0 Å². The van der Waals surface area contributed by atoms with Crippen LogP contribution in [-0.2, 0) is 23.8 Å². The first-order valence-corrected chi connectivity index (χ1v) is 8.41. The van der Waals surface area contributed by atoms with Gasteiger partial charge in [0.05, 0.1) is 16.7 Å². The van der Waals surface area contributed by atoms with E-state index in [-0.39, 0.29) is 11.1 Å². The lowest BCUT2D eigenvalue weighted by Gasteiger charge is -2.19. The SMILES string of the molecule is C=C(C)C(=O)OCC(COC(=O)C(=C)C)OC(=O)c1cccc(C(=O)O)c1C(=O)O. The van der Waals surface area contributed by atoms with E-state index < -0.39 is 65.9 Å². The molecule has 0 amide bonds. The molecule has 160 valence electrons. The third kappa shape index (κ3) is 6.59. The van der Waals surface area contributed by atoms with Crippen LogP contribution in [0.15, 0.2) is 42.5 Å². The highest BCUT2D eigenvalue weighted by atomic mass is 16.6. The molecule has 0 aliphatic rings. The van der Waals surface area contributed by atoms with Crippen LogP contribution < -0.4 is 0 Å². The molecule has 0 aromatic heterocycles. The monoisotopic (exact) mass is 420 g/mol. The Kier molecular flexibility index (Phi) is 8.48. The van der Waals surface area contributed by atoms with Gasteiger partial charge < -0.3 is 24.4 Å². The van der Waals surface area contributed by atoms with Gasteiger partial charge in [-0.15, -0.1) is 0 Å². The molecule has 0 spiro atoms. The summed E-state index contributed by atoms with van der Waals surface area (Å²) in [5, 5.41) is 18.5. The molecule has 0 heterocycles. The highest BCUT2D eigenvalue weighted by Crippen LogP contribution is 2.18. The molecular weight excluding hydrogens is 400 g/mol. The zero-order valence-electron chi connectivity index (χ0n) is 16.3. The van der Waals surface area contributed by atoms with Crippen LogP contribution in [0.1, 0.15) is 44.9 Å². The van der Waals surface area contributed by atoms with Crippen LogP contribution in [-0.4, -0.2) is 59.4 Å². The van der Waals surface area contributed by atoms with E-state index in [4.69, 9.17) is 19.3 Å². The molecule has 0 aliphatic carbocycles. The van der Waals surface area contributed by atoms with Gasteiger partial charge in [0.25, 0.3) is 0 Å². The predicted molar refractivity (Wildman–Crippen MR) is 101 cm³/mol. The quantitative estimate of drug-likeness (QED) is 0.325. The zero-order valence-corrected chi connectivity index (χ0v) is 16.3. The van der Waals surface area contributed by atoms with Gasteiger partial charge in [-0.3, -0.25) is 0 Å². The van der Waals surface area contributed by atoms with E-state index in [1.54, 1.807) is 0 Å². The van der Waals surface area contributed by atoms with Crippen molar-refractivity contribution in [1.82, 2.24) is 0 Å². The average Bonchev–Trinajstić information content (AvgIpc) is 2.68. The maximum atomic E-state index is 12.5. The van der Waals surface area contributed by atoms with E-state index in [2.05, 4.69) is 13.2 Å². The number of esters is 3. The normalized spacial score (nSPS) is 10.1. The Morgan fingerprint density at radius 3 is 1.73 bits per heavy atom. The Labute approximate surface area is 171 Å². The maximum absolute atomic E-state index is 12.5. The van der Waals surface area contributed by atoms with E-state index in [1.807, 2.05) is 0 Å². The topological polar surface area (TPSA) is 154 Å². The lowest BCUT2D eigenvalue weighted by Crippen LogP contribution is -2.31. The van der Waals surface area contributed by atoms with Crippen molar-refractivity contribution in [3.63, 3.8) is 0 Å². The summed E-state index contributed by atoms with van der Waals surface area (Å²) in [6.07, 6.45) is -1.31. The number of carboxylic acids is 2. The molecule has 10 nitrogen and oxygen atoms in total. The molecule has 0 aliphatic heterocycles. The van der Waals surface area contributed by atoms with Crippen molar-refractivity contribution in [1.29, 1.82) is 0 Å². The number of carbonyl (C=O) groups is 5. The van der Waals surface area contributed by atoms with Crippen molar-refractivity contribution in [2.75, 3.05) is 13.2 Å². The van der Waals surface area contributed by atoms with Crippen LogP contribution in [0, 0.1) is 0 Å². The first-order chi connectivity index (χ1) is 14.0. The van der Waals surface area contributed by atoms with E-state index in [9.17, 15) is 29.1 Å². The third-order valence-corrected chi connectivity index (χ3v) is 3.50. The minimum Gasteiger partial charge on any atom is -0.478 e. The average molecular weight is 420 g/mol. The first kappa shape index (κ1) is 24.1. The molecule has 0 unspecified atom stereocenters. The van der Waals surface area contributed by atoms with Gasteiger partial charge in [0, 0.05) is 11.1 Å². The molecular formula is C20H20O10. The minimum absolute atomic E-state index is 0.0707. The second kappa shape index (κ2) is 10.6. The molecule has 0 radical (unpaired) electrons. The van der Waals surface area contributed by atoms with E-state index in [1.165, 1.54) is 19.9 Å². The van der Waals surface area contributed by atoms with E-state index in [0.717, 1.165) is 12.1 Å². The number of aromatic carboxylic acids is 2. The summed E-state index contributed by atoms with van der Waals surface area (Å²) in [7, 11) is 0. The summed E-state index contributed by atoms with van der Waals surface area (Å²) in [5.74, 6) is -6.00. The van der Waals surface area contributed by atoms with Crippen molar-refractivity contribution in [2.45, 2.75) is 20.0 Å². The fourth-order valence-electron chi connectivity index (χ4n) is 2.05. The zero-order chi connectivity index (χ0) is 23.0. The summed E-state index contributed by atoms with van der Waals surface area (Å²) in [6.45, 7) is 8.52. The van der Waals surface area contributed by atoms with Crippen molar-refractivity contribution in [3.8, 4) is 0 Å². The van der Waals surface area contributed by atoms with Gasteiger partial charge in [-0.25, -0.2) is 24.0 Å². The van der Waals surface area contributed by atoms with Gasteiger partial charge in [-0.2, -0.15) is 0 Å². The Bertz CT molecular complexity index is 882. The Morgan fingerprint density at radius 2 is 1.33 bits per heavy atom. The molecule has 1 aromatic carbocycles. The molecule has 0 fully saturated rings. The molecule has 2 N–H and O–H groups in total. The number of carboxylic acid groups (broad SMARTS) is 2. The molecule has 0 atom stereocenters. The van der Waals surface area contributed by atoms with Crippen LogP contribution in [0.2, 0.25) is 0 Å². The number of benzene rings is 1. The largest absolute Gasteiger partial charge is 0.478 e. The predicted octanol–water partition coefficient (Wildman–Crippen LogP) is 1.85. The van der Waals surface area contributed by atoms with Crippen molar-refractivity contribution in [3.05, 3.63) is 59.2 Å². The van der Waals surface area contributed by atoms with Crippen LogP contribution >= 0.6 is 0 Å². The van der Waals surface area contributed by atoms with Gasteiger partial charge >= 0.3 is 29.8 Å². The summed E-state index contributed by atoms with van der Waals surface area (Å²) in [5.41, 5.74) is -1.78. The number of carbonyl (C=O) groups excluding carboxylic acids is 3. The fraction of sp³-hybridized carbons (Fsp3) is 0.250. The highest BCUT2D eigenvalue weighted by Gasteiger charge is 2.27. The van der Waals surface area contributed by atoms with Gasteiger partial charge in [0.15, 0.2) is 6.10 Å². The third-order valence-electron chi connectivity index (χ3n) is 3.50. The second-order valence-electron chi connectivity index (χ2n) is 6.12. The lowest BCUT2D eigenvalue weighted by molar-refractivity contribution is -0.148. The molecule has 0 saturated carbocycles.